The molecule has 1 atom stereocenters. The van der Waals surface area contributed by atoms with Crippen LogP contribution in [0, 0.1) is 0 Å². The van der Waals surface area contributed by atoms with Crippen LogP contribution < -0.4 is 5.32 Å². The minimum Gasteiger partial charge on any atom is -0.472 e. The first-order chi connectivity index (χ1) is 10.2. The van der Waals surface area contributed by atoms with Crippen LogP contribution in [0.2, 0.25) is 0 Å². The lowest BCUT2D eigenvalue weighted by Crippen LogP contribution is -2.46. The van der Waals surface area contributed by atoms with Crippen LogP contribution >= 0.6 is 0 Å². The molecule has 3 heterocycles. The number of hydrogen-bond acceptors (Lipinski definition) is 3. The Balaban J connectivity index is 1.88. The topological polar surface area (TPSA) is 50.4 Å². The zero-order valence-corrected chi connectivity index (χ0v) is 12.5. The van der Waals surface area contributed by atoms with E-state index in [2.05, 4.69) is 22.1 Å². The summed E-state index contributed by atoms with van der Waals surface area (Å²) in [6.45, 7) is 6.01. The lowest BCUT2D eigenvalue weighted by molar-refractivity contribution is -0.133. The summed E-state index contributed by atoms with van der Waals surface area (Å²) in [5.41, 5.74) is 2.16. The van der Waals surface area contributed by atoms with Crippen molar-refractivity contribution < 1.29 is 9.21 Å². The maximum absolute atomic E-state index is 12.6. The third-order valence-electron chi connectivity index (χ3n) is 3.88. The Labute approximate surface area is 124 Å². The molecule has 0 aliphatic carbocycles. The molecule has 1 aliphatic rings. The van der Waals surface area contributed by atoms with Crippen LogP contribution in [0.5, 0.6) is 0 Å². The fourth-order valence-corrected chi connectivity index (χ4v) is 2.83. The van der Waals surface area contributed by atoms with Crippen molar-refractivity contribution in [1.29, 1.82) is 0 Å². The molecule has 2 aromatic heterocycles. The minimum atomic E-state index is -0.0611. The zero-order valence-electron chi connectivity index (χ0n) is 12.5. The molecule has 1 aliphatic heterocycles. The highest BCUT2D eigenvalue weighted by Gasteiger charge is 2.32. The van der Waals surface area contributed by atoms with Crippen molar-refractivity contribution in [2.75, 3.05) is 13.1 Å². The molecule has 0 saturated heterocycles. The highest BCUT2D eigenvalue weighted by molar-refractivity contribution is 5.79. The van der Waals surface area contributed by atoms with Gasteiger partial charge in [0.05, 0.1) is 19.1 Å². The molecule has 0 spiro atoms. The zero-order chi connectivity index (χ0) is 14.8. The highest BCUT2D eigenvalue weighted by Crippen LogP contribution is 2.32. The van der Waals surface area contributed by atoms with Gasteiger partial charge in [0.15, 0.2) is 0 Å². The summed E-state index contributed by atoms with van der Waals surface area (Å²) in [7, 11) is 0. The number of amides is 1. The summed E-state index contributed by atoms with van der Waals surface area (Å²) in [5, 5.41) is 3.20. The maximum Gasteiger partial charge on any atom is 0.237 e. The predicted molar refractivity (Wildman–Crippen MR) is 79.8 cm³/mol. The van der Waals surface area contributed by atoms with E-state index in [1.54, 1.807) is 12.5 Å². The molecule has 2 aromatic rings. The summed E-state index contributed by atoms with van der Waals surface area (Å²) in [4.78, 5) is 14.5. The molecule has 0 saturated carbocycles. The van der Waals surface area contributed by atoms with E-state index in [0.717, 1.165) is 24.3 Å². The van der Waals surface area contributed by atoms with Crippen LogP contribution in [0.1, 0.15) is 31.1 Å². The molecule has 0 aromatic carbocycles. The van der Waals surface area contributed by atoms with Crippen molar-refractivity contribution in [2.45, 2.75) is 32.5 Å². The predicted octanol–water partition coefficient (Wildman–Crippen LogP) is 2.01. The van der Waals surface area contributed by atoms with Crippen molar-refractivity contribution in [1.82, 2.24) is 14.8 Å². The van der Waals surface area contributed by atoms with E-state index < -0.39 is 0 Å². The van der Waals surface area contributed by atoms with Crippen LogP contribution in [0.4, 0.5) is 0 Å². The summed E-state index contributed by atoms with van der Waals surface area (Å²) >= 11 is 0. The number of nitrogens with zero attached hydrogens (tertiary/aromatic N) is 2. The lowest BCUT2D eigenvalue weighted by atomic mass is 10.0. The Hall–Kier alpha value is -2.01. The number of fused-ring (bicyclic) bond motifs is 1. The minimum absolute atomic E-state index is 0.0611. The van der Waals surface area contributed by atoms with Gasteiger partial charge in [0.2, 0.25) is 5.91 Å². The largest absolute Gasteiger partial charge is 0.472 e. The molecule has 0 fully saturated rings. The number of aromatic nitrogens is 1. The third-order valence-corrected chi connectivity index (χ3v) is 3.88. The van der Waals surface area contributed by atoms with Gasteiger partial charge in [-0.15, -0.1) is 0 Å². The fourth-order valence-electron chi connectivity index (χ4n) is 2.83. The Morgan fingerprint density at radius 2 is 2.29 bits per heavy atom. The number of nitrogens with one attached hydrogen (secondary N) is 1. The molecule has 112 valence electrons. The van der Waals surface area contributed by atoms with E-state index in [9.17, 15) is 4.79 Å². The molecule has 1 amide bonds. The van der Waals surface area contributed by atoms with Gasteiger partial charge in [-0.1, -0.05) is 13.8 Å². The molecule has 0 bridgehead atoms. The van der Waals surface area contributed by atoms with Gasteiger partial charge in [-0.3, -0.25) is 4.79 Å². The molecule has 3 rings (SSSR count). The second kappa shape index (κ2) is 5.77. The monoisotopic (exact) mass is 287 g/mol. The molecule has 0 unspecified atom stereocenters. The van der Waals surface area contributed by atoms with Crippen molar-refractivity contribution in [3.05, 3.63) is 48.2 Å². The molecule has 0 radical (unpaired) electrons. The average Bonchev–Trinajstić information content (AvgIpc) is 3.14. The smallest absolute Gasteiger partial charge is 0.237 e. The van der Waals surface area contributed by atoms with Gasteiger partial charge in [0.1, 0.15) is 6.04 Å². The first-order valence-corrected chi connectivity index (χ1v) is 7.37. The third kappa shape index (κ3) is 2.74. The van der Waals surface area contributed by atoms with E-state index in [1.807, 2.05) is 30.9 Å². The SMILES string of the molecule is CC(C)NCC(=O)N1CCn2cccc2[C@@H]1c1ccoc1. The molecule has 5 nitrogen and oxygen atoms in total. The molecular weight excluding hydrogens is 266 g/mol. The second-order valence-corrected chi connectivity index (χ2v) is 5.71. The summed E-state index contributed by atoms with van der Waals surface area (Å²) in [5.74, 6) is 0.127. The van der Waals surface area contributed by atoms with Gasteiger partial charge in [0.25, 0.3) is 0 Å². The number of hydrogen-bond donors (Lipinski definition) is 1. The van der Waals surface area contributed by atoms with E-state index in [1.165, 1.54) is 0 Å². The van der Waals surface area contributed by atoms with E-state index in [0.29, 0.717) is 12.6 Å². The second-order valence-electron chi connectivity index (χ2n) is 5.71. The van der Waals surface area contributed by atoms with Gasteiger partial charge < -0.3 is 19.2 Å². The van der Waals surface area contributed by atoms with Gasteiger partial charge in [-0.25, -0.2) is 0 Å². The normalized spacial score (nSPS) is 18.0. The first kappa shape index (κ1) is 13.9. The summed E-state index contributed by atoms with van der Waals surface area (Å²) in [6.07, 6.45) is 5.45. The molecule has 5 heteroatoms. The van der Waals surface area contributed by atoms with Gasteiger partial charge in [0, 0.05) is 36.6 Å². The number of carbonyl (C=O) groups is 1. The Morgan fingerprint density at radius 3 is 3.00 bits per heavy atom. The van der Waals surface area contributed by atoms with Gasteiger partial charge >= 0.3 is 0 Å². The quantitative estimate of drug-likeness (QED) is 0.936. The number of carbonyl (C=O) groups excluding carboxylic acids is 1. The fraction of sp³-hybridized carbons (Fsp3) is 0.438. The van der Waals surface area contributed by atoms with Crippen molar-refractivity contribution in [3.63, 3.8) is 0 Å². The van der Waals surface area contributed by atoms with E-state index in [4.69, 9.17) is 4.42 Å². The van der Waals surface area contributed by atoms with Gasteiger partial charge in [-0.2, -0.15) is 0 Å². The number of rotatable bonds is 4. The number of furan rings is 1. The Bertz CT molecular complexity index is 601. The Morgan fingerprint density at radius 1 is 1.43 bits per heavy atom. The van der Waals surface area contributed by atoms with Crippen molar-refractivity contribution >= 4 is 5.91 Å². The summed E-state index contributed by atoms with van der Waals surface area (Å²) < 4.78 is 7.43. The van der Waals surface area contributed by atoms with Gasteiger partial charge in [-0.05, 0) is 18.2 Å². The highest BCUT2D eigenvalue weighted by atomic mass is 16.3. The lowest BCUT2D eigenvalue weighted by Gasteiger charge is -2.36. The van der Waals surface area contributed by atoms with Crippen LogP contribution in [-0.2, 0) is 11.3 Å². The molecule has 21 heavy (non-hydrogen) atoms. The van der Waals surface area contributed by atoms with Crippen LogP contribution in [0.3, 0.4) is 0 Å². The molecular formula is C16H21N3O2. The molecule has 1 N–H and O–H groups in total. The first-order valence-electron chi connectivity index (χ1n) is 7.37. The maximum atomic E-state index is 12.6. The van der Waals surface area contributed by atoms with Crippen molar-refractivity contribution in [3.8, 4) is 0 Å². The van der Waals surface area contributed by atoms with Crippen molar-refractivity contribution in [2.24, 2.45) is 0 Å². The van der Waals surface area contributed by atoms with E-state index >= 15 is 0 Å². The van der Waals surface area contributed by atoms with Crippen LogP contribution in [0.15, 0.2) is 41.3 Å². The standard InChI is InChI=1S/C16H21N3O2/c1-12(2)17-10-15(20)19-8-7-18-6-3-4-14(18)16(19)13-5-9-21-11-13/h3-6,9,11-12,16-17H,7-8,10H2,1-2H3/t16-/m0/s1. The van der Waals surface area contributed by atoms with Crippen LogP contribution in [-0.4, -0.2) is 34.5 Å². The van der Waals surface area contributed by atoms with E-state index in [-0.39, 0.29) is 11.9 Å². The average molecular weight is 287 g/mol. The summed E-state index contributed by atoms with van der Waals surface area (Å²) in [6, 6.07) is 6.28. The van der Waals surface area contributed by atoms with Crippen LogP contribution in [0.25, 0.3) is 0 Å². The Kier molecular flexibility index (Phi) is 3.84.